The number of hydrogen-bond donors (Lipinski definition) is 0. The average molecular weight is 277 g/mol. The van der Waals surface area contributed by atoms with Gasteiger partial charge in [0.25, 0.3) is 0 Å². The van der Waals surface area contributed by atoms with E-state index in [9.17, 15) is 9.18 Å². The number of nitrogens with zero attached hydrogens (tertiary/aromatic N) is 1. The third kappa shape index (κ3) is 2.87. The predicted molar refractivity (Wildman–Crippen MR) is 71.9 cm³/mol. The van der Waals surface area contributed by atoms with Crippen molar-refractivity contribution in [1.82, 2.24) is 4.98 Å². The molecule has 1 heterocycles. The fraction of sp³-hybridized carbons (Fsp3) is 0.333. The van der Waals surface area contributed by atoms with Crippen molar-refractivity contribution in [3.05, 3.63) is 41.5 Å². The molecule has 4 nitrogen and oxygen atoms in total. The van der Waals surface area contributed by atoms with Gasteiger partial charge in [0, 0.05) is 5.56 Å². The Kier molecular flexibility index (Phi) is 4.17. The molecule has 106 valence electrons. The maximum atomic E-state index is 12.9. The Hall–Kier alpha value is -2.17. The minimum absolute atomic E-state index is 0.0207. The van der Waals surface area contributed by atoms with Gasteiger partial charge < -0.3 is 9.15 Å². The monoisotopic (exact) mass is 277 g/mol. The molecule has 1 aromatic heterocycles. The second-order valence-corrected chi connectivity index (χ2v) is 4.62. The number of ether oxygens (including phenoxy) is 1. The lowest BCUT2D eigenvalue weighted by Crippen LogP contribution is -2.07. The van der Waals surface area contributed by atoms with E-state index in [4.69, 9.17) is 9.15 Å². The van der Waals surface area contributed by atoms with Crippen LogP contribution in [0.2, 0.25) is 0 Å². The molecule has 0 amide bonds. The van der Waals surface area contributed by atoms with Crippen molar-refractivity contribution in [2.45, 2.75) is 26.7 Å². The van der Waals surface area contributed by atoms with Gasteiger partial charge in [-0.1, -0.05) is 13.8 Å². The summed E-state index contributed by atoms with van der Waals surface area (Å²) in [5.74, 6) is -0.447. The third-order valence-corrected chi connectivity index (χ3v) is 2.75. The highest BCUT2D eigenvalue weighted by Gasteiger charge is 2.24. The Balaban J connectivity index is 2.43. The molecule has 0 atom stereocenters. The van der Waals surface area contributed by atoms with Crippen LogP contribution in [0.25, 0.3) is 11.5 Å². The van der Waals surface area contributed by atoms with Gasteiger partial charge in [0.1, 0.15) is 5.82 Å². The molecular formula is C15H16FNO3. The van der Waals surface area contributed by atoms with Crippen LogP contribution in [0.1, 0.15) is 42.9 Å². The topological polar surface area (TPSA) is 52.3 Å². The number of benzene rings is 1. The Labute approximate surface area is 116 Å². The van der Waals surface area contributed by atoms with Crippen molar-refractivity contribution in [2.75, 3.05) is 6.61 Å². The maximum Gasteiger partial charge on any atom is 0.376 e. The molecule has 0 aliphatic rings. The SMILES string of the molecule is CCOC(=O)c1oc(-c2ccc(F)cc2)nc1C(C)C. The maximum absolute atomic E-state index is 12.9. The average Bonchev–Trinajstić information content (AvgIpc) is 2.85. The summed E-state index contributed by atoms with van der Waals surface area (Å²) in [6.07, 6.45) is 0. The van der Waals surface area contributed by atoms with Crippen LogP contribution in [0.5, 0.6) is 0 Å². The molecule has 0 spiro atoms. The van der Waals surface area contributed by atoms with E-state index in [0.717, 1.165) is 0 Å². The van der Waals surface area contributed by atoms with Gasteiger partial charge in [-0.3, -0.25) is 0 Å². The first kappa shape index (κ1) is 14.2. The summed E-state index contributed by atoms with van der Waals surface area (Å²) in [5.41, 5.74) is 1.16. The number of esters is 1. The smallest absolute Gasteiger partial charge is 0.376 e. The summed E-state index contributed by atoms with van der Waals surface area (Å²) < 4.78 is 23.4. The minimum Gasteiger partial charge on any atom is -0.460 e. The van der Waals surface area contributed by atoms with Gasteiger partial charge in [0.2, 0.25) is 11.7 Å². The third-order valence-electron chi connectivity index (χ3n) is 2.75. The molecule has 0 N–H and O–H groups in total. The van der Waals surface area contributed by atoms with Gasteiger partial charge >= 0.3 is 5.97 Å². The molecule has 5 heteroatoms. The summed E-state index contributed by atoms with van der Waals surface area (Å²) in [6.45, 7) is 5.82. The zero-order valence-electron chi connectivity index (χ0n) is 11.6. The van der Waals surface area contributed by atoms with Gasteiger partial charge in [-0.25, -0.2) is 14.2 Å². The highest BCUT2D eigenvalue weighted by molar-refractivity contribution is 5.88. The van der Waals surface area contributed by atoms with Gasteiger partial charge in [0.15, 0.2) is 0 Å². The van der Waals surface area contributed by atoms with E-state index in [1.165, 1.54) is 12.1 Å². The summed E-state index contributed by atoms with van der Waals surface area (Å²) in [7, 11) is 0. The van der Waals surface area contributed by atoms with E-state index >= 15 is 0 Å². The first-order chi connectivity index (χ1) is 9.52. The van der Waals surface area contributed by atoms with E-state index < -0.39 is 5.97 Å². The second-order valence-electron chi connectivity index (χ2n) is 4.62. The zero-order valence-corrected chi connectivity index (χ0v) is 11.6. The molecule has 1 aromatic carbocycles. The summed E-state index contributed by atoms with van der Waals surface area (Å²) >= 11 is 0. The van der Waals surface area contributed by atoms with Gasteiger partial charge in [-0.15, -0.1) is 0 Å². The number of halogens is 1. The molecule has 0 saturated carbocycles. The molecule has 0 bridgehead atoms. The zero-order chi connectivity index (χ0) is 14.7. The van der Waals surface area contributed by atoms with Crippen LogP contribution < -0.4 is 0 Å². The number of oxazole rings is 1. The number of carbonyl (C=O) groups is 1. The second kappa shape index (κ2) is 5.86. The van der Waals surface area contributed by atoms with Crippen LogP contribution in [0.4, 0.5) is 4.39 Å². The van der Waals surface area contributed by atoms with Crippen molar-refractivity contribution in [1.29, 1.82) is 0 Å². The van der Waals surface area contributed by atoms with Gasteiger partial charge in [-0.05, 0) is 37.1 Å². The molecular weight excluding hydrogens is 261 g/mol. The summed E-state index contributed by atoms with van der Waals surface area (Å²) in [6, 6.07) is 5.75. The number of aromatic nitrogens is 1. The molecule has 0 radical (unpaired) electrons. The van der Waals surface area contributed by atoms with Crippen LogP contribution in [0, 0.1) is 5.82 Å². The summed E-state index contributed by atoms with van der Waals surface area (Å²) in [5, 5.41) is 0. The number of rotatable bonds is 4. The molecule has 0 aliphatic heterocycles. The molecule has 0 aliphatic carbocycles. The van der Waals surface area contributed by atoms with E-state index in [-0.39, 0.29) is 30.0 Å². The first-order valence-corrected chi connectivity index (χ1v) is 6.46. The highest BCUT2D eigenvalue weighted by atomic mass is 19.1. The largest absolute Gasteiger partial charge is 0.460 e. The Bertz CT molecular complexity index is 602. The molecule has 20 heavy (non-hydrogen) atoms. The molecule has 2 rings (SSSR count). The minimum atomic E-state index is -0.530. The van der Waals surface area contributed by atoms with Crippen LogP contribution >= 0.6 is 0 Å². The lowest BCUT2D eigenvalue weighted by molar-refractivity contribution is 0.0488. The highest BCUT2D eigenvalue weighted by Crippen LogP contribution is 2.27. The Morgan fingerprint density at radius 2 is 2.00 bits per heavy atom. The van der Waals surface area contributed by atoms with Crippen molar-refractivity contribution in [2.24, 2.45) is 0 Å². The van der Waals surface area contributed by atoms with E-state index in [1.807, 2.05) is 13.8 Å². The van der Waals surface area contributed by atoms with Crippen molar-refractivity contribution in [3.8, 4) is 11.5 Å². The lowest BCUT2D eigenvalue weighted by atomic mass is 10.1. The van der Waals surface area contributed by atoms with Gasteiger partial charge in [0.05, 0.1) is 12.3 Å². The van der Waals surface area contributed by atoms with Crippen LogP contribution in [0.15, 0.2) is 28.7 Å². The van der Waals surface area contributed by atoms with Crippen molar-refractivity contribution >= 4 is 5.97 Å². The van der Waals surface area contributed by atoms with E-state index in [2.05, 4.69) is 4.98 Å². The van der Waals surface area contributed by atoms with Crippen LogP contribution in [-0.2, 0) is 4.74 Å². The number of hydrogen-bond acceptors (Lipinski definition) is 4. The Morgan fingerprint density at radius 3 is 2.55 bits per heavy atom. The summed E-state index contributed by atoms with van der Waals surface area (Å²) in [4.78, 5) is 16.2. The molecule has 0 fully saturated rings. The molecule has 0 saturated heterocycles. The molecule has 0 unspecified atom stereocenters. The van der Waals surface area contributed by atoms with Gasteiger partial charge in [-0.2, -0.15) is 0 Å². The Morgan fingerprint density at radius 1 is 1.35 bits per heavy atom. The normalized spacial score (nSPS) is 10.8. The number of carbonyl (C=O) groups excluding carboxylic acids is 1. The fourth-order valence-corrected chi connectivity index (χ4v) is 1.78. The van der Waals surface area contributed by atoms with Crippen LogP contribution in [0.3, 0.4) is 0 Å². The first-order valence-electron chi connectivity index (χ1n) is 6.46. The quantitative estimate of drug-likeness (QED) is 0.798. The fourth-order valence-electron chi connectivity index (χ4n) is 1.78. The van der Waals surface area contributed by atoms with E-state index in [0.29, 0.717) is 11.3 Å². The van der Waals surface area contributed by atoms with E-state index in [1.54, 1.807) is 19.1 Å². The molecule has 2 aromatic rings. The predicted octanol–water partition coefficient (Wildman–Crippen LogP) is 3.78. The van der Waals surface area contributed by atoms with Crippen molar-refractivity contribution in [3.63, 3.8) is 0 Å². The standard InChI is InChI=1S/C15H16FNO3/c1-4-19-15(18)13-12(9(2)3)17-14(20-13)10-5-7-11(16)8-6-10/h5-9H,4H2,1-3H3. The lowest BCUT2D eigenvalue weighted by Gasteiger charge is -2.02. The van der Waals surface area contributed by atoms with Crippen LogP contribution in [-0.4, -0.2) is 17.6 Å². The van der Waals surface area contributed by atoms with Crippen molar-refractivity contribution < 1.29 is 18.3 Å².